The molecule has 0 unspecified atom stereocenters. The van der Waals surface area contributed by atoms with Gasteiger partial charge in [-0.3, -0.25) is 10.2 Å². The Morgan fingerprint density at radius 2 is 2.22 bits per heavy atom. The minimum atomic E-state index is -0.646. The third kappa shape index (κ3) is 2.17. The summed E-state index contributed by atoms with van der Waals surface area (Å²) in [7, 11) is 1.40. The summed E-state index contributed by atoms with van der Waals surface area (Å²) in [5.41, 5.74) is 7.45. The highest BCUT2D eigenvalue weighted by molar-refractivity contribution is 5.90. The third-order valence-electron chi connectivity index (χ3n) is 1.96. The lowest BCUT2D eigenvalue weighted by atomic mass is 10.4. The van der Waals surface area contributed by atoms with Gasteiger partial charge in [-0.25, -0.2) is 10.5 Å². The number of anilines is 1. The molecule has 0 aliphatic carbocycles. The maximum Gasteiger partial charge on any atom is 0.322 e. The molecule has 1 amide bonds. The van der Waals surface area contributed by atoms with Crippen molar-refractivity contribution in [3.8, 4) is 12.0 Å². The van der Waals surface area contributed by atoms with Crippen molar-refractivity contribution >= 4 is 11.9 Å². The highest BCUT2D eigenvalue weighted by Crippen LogP contribution is 2.09. The lowest BCUT2D eigenvalue weighted by Crippen LogP contribution is -2.15. The minimum Gasteiger partial charge on any atom is -0.467 e. The SMILES string of the molecule is COc1nc(NN)nc(-n2ccc(C(N)=O)n2)n1. The molecule has 0 fully saturated rings. The predicted molar refractivity (Wildman–Crippen MR) is 59.8 cm³/mol. The largest absolute Gasteiger partial charge is 0.467 e. The van der Waals surface area contributed by atoms with Gasteiger partial charge in [0.25, 0.3) is 11.9 Å². The van der Waals surface area contributed by atoms with Crippen LogP contribution in [0.15, 0.2) is 12.3 Å². The van der Waals surface area contributed by atoms with Crippen molar-refractivity contribution in [2.24, 2.45) is 11.6 Å². The van der Waals surface area contributed by atoms with E-state index in [9.17, 15) is 4.79 Å². The molecule has 2 heterocycles. The molecule has 5 N–H and O–H groups in total. The number of rotatable bonds is 4. The van der Waals surface area contributed by atoms with E-state index in [4.69, 9.17) is 16.3 Å². The fourth-order valence-electron chi connectivity index (χ4n) is 1.17. The van der Waals surface area contributed by atoms with Crippen LogP contribution in [0.3, 0.4) is 0 Å². The van der Waals surface area contributed by atoms with Crippen LogP contribution >= 0.6 is 0 Å². The minimum absolute atomic E-state index is 0.0593. The van der Waals surface area contributed by atoms with Crippen molar-refractivity contribution in [2.45, 2.75) is 0 Å². The molecule has 18 heavy (non-hydrogen) atoms. The van der Waals surface area contributed by atoms with Gasteiger partial charge in [0.05, 0.1) is 7.11 Å². The van der Waals surface area contributed by atoms with E-state index >= 15 is 0 Å². The molecule has 0 aliphatic heterocycles. The van der Waals surface area contributed by atoms with Crippen LogP contribution < -0.4 is 21.7 Å². The van der Waals surface area contributed by atoms with Crippen LogP contribution in [0.4, 0.5) is 5.95 Å². The van der Waals surface area contributed by atoms with Gasteiger partial charge in [-0.1, -0.05) is 0 Å². The molecule has 0 aliphatic rings. The van der Waals surface area contributed by atoms with Gasteiger partial charge >= 0.3 is 6.01 Å². The van der Waals surface area contributed by atoms with E-state index in [-0.39, 0.29) is 23.6 Å². The smallest absolute Gasteiger partial charge is 0.322 e. The van der Waals surface area contributed by atoms with E-state index < -0.39 is 5.91 Å². The third-order valence-corrected chi connectivity index (χ3v) is 1.96. The average molecular weight is 250 g/mol. The van der Waals surface area contributed by atoms with Gasteiger partial charge in [-0.2, -0.15) is 20.1 Å². The zero-order valence-corrected chi connectivity index (χ0v) is 9.36. The summed E-state index contributed by atoms with van der Waals surface area (Å²) in [6.07, 6.45) is 1.48. The molecule has 0 saturated carbocycles. The number of hydrazine groups is 1. The fourth-order valence-corrected chi connectivity index (χ4v) is 1.17. The topological polar surface area (TPSA) is 147 Å². The van der Waals surface area contributed by atoms with Gasteiger partial charge < -0.3 is 10.5 Å². The van der Waals surface area contributed by atoms with Crippen LogP contribution in [-0.4, -0.2) is 37.7 Å². The number of nitrogen functional groups attached to an aromatic ring is 1. The molecule has 0 atom stereocenters. The number of aromatic nitrogens is 5. The van der Waals surface area contributed by atoms with Crippen molar-refractivity contribution in [2.75, 3.05) is 12.5 Å². The molecule has 0 bridgehead atoms. The number of ether oxygens (including phenoxy) is 1. The molecule has 2 rings (SSSR count). The summed E-state index contributed by atoms with van der Waals surface area (Å²) in [4.78, 5) is 22.7. The van der Waals surface area contributed by atoms with Crippen molar-refractivity contribution in [1.29, 1.82) is 0 Å². The van der Waals surface area contributed by atoms with Gasteiger partial charge in [-0.05, 0) is 6.07 Å². The first-order valence-electron chi connectivity index (χ1n) is 4.76. The van der Waals surface area contributed by atoms with Crippen molar-refractivity contribution in [1.82, 2.24) is 24.7 Å². The molecule has 0 radical (unpaired) electrons. The van der Waals surface area contributed by atoms with Crippen molar-refractivity contribution < 1.29 is 9.53 Å². The van der Waals surface area contributed by atoms with Gasteiger partial charge in [0.2, 0.25) is 5.95 Å². The first-order chi connectivity index (χ1) is 8.63. The molecule has 2 aromatic rings. The number of nitrogens with two attached hydrogens (primary N) is 2. The van der Waals surface area contributed by atoms with E-state index in [1.165, 1.54) is 24.1 Å². The number of carbonyl (C=O) groups is 1. The Morgan fingerprint density at radius 1 is 1.44 bits per heavy atom. The van der Waals surface area contributed by atoms with Crippen LogP contribution in [0.25, 0.3) is 5.95 Å². The number of hydrogen-bond acceptors (Lipinski definition) is 8. The Hall–Kier alpha value is -2.75. The number of primary amides is 1. The van der Waals surface area contributed by atoms with E-state index in [0.717, 1.165) is 0 Å². The van der Waals surface area contributed by atoms with Crippen LogP contribution in [0, 0.1) is 0 Å². The zero-order chi connectivity index (χ0) is 13.1. The number of nitrogens with zero attached hydrogens (tertiary/aromatic N) is 5. The quantitative estimate of drug-likeness (QED) is 0.436. The molecular formula is C8H10N8O2. The maximum atomic E-state index is 10.9. The van der Waals surface area contributed by atoms with Crippen LogP contribution in [0.5, 0.6) is 6.01 Å². The molecule has 10 heteroatoms. The maximum absolute atomic E-state index is 10.9. The standard InChI is InChI=1S/C8H10N8O2/c1-18-8-12-6(14-10)11-7(13-8)16-3-2-4(15-16)5(9)17/h2-3H,10H2,1H3,(H2,9,17)(H,11,12,13,14). The summed E-state index contributed by atoms with van der Waals surface area (Å²) >= 11 is 0. The number of hydrogen-bond donors (Lipinski definition) is 3. The summed E-state index contributed by atoms with van der Waals surface area (Å²) in [5, 5.41) is 3.90. The summed E-state index contributed by atoms with van der Waals surface area (Å²) < 4.78 is 6.14. The lowest BCUT2D eigenvalue weighted by Gasteiger charge is -2.04. The molecule has 0 spiro atoms. The molecular weight excluding hydrogens is 240 g/mol. The van der Waals surface area contributed by atoms with Gasteiger partial charge in [0.15, 0.2) is 0 Å². The Balaban J connectivity index is 2.45. The monoisotopic (exact) mass is 250 g/mol. The lowest BCUT2D eigenvalue weighted by molar-refractivity contribution is 0.0995. The van der Waals surface area contributed by atoms with E-state index in [1.807, 2.05) is 0 Å². The average Bonchev–Trinajstić information content (AvgIpc) is 2.87. The summed E-state index contributed by atoms with van der Waals surface area (Å²) in [6, 6.07) is 1.50. The Bertz CT molecular complexity index is 558. The van der Waals surface area contributed by atoms with Gasteiger partial charge in [-0.15, -0.1) is 0 Å². The number of methoxy groups -OCH3 is 1. The second-order valence-electron chi connectivity index (χ2n) is 3.10. The first-order valence-corrected chi connectivity index (χ1v) is 4.76. The highest BCUT2D eigenvalue weighted by atomic mass is 16.5. The number of amides is 1. The predicted octanol–water partition coefficient (Wildman–Crippen LogP) is -1.55. The van der Waals surface area contributed by atoms with Crippen molar-refractivity contribution in [3.05, 3.63) is 18.0 Å². The van der Waals surface area contributed by atoms with Crippen LogP contribution in [0.1, 0.15) is 10.5 Å². The molecule has 94 valence electrons. The second-order valence-corrected chi connectivity index (χ2v) is 3.10. The van der Waals surface area contributed by atoms with E-state index in [2.05, 4.69) is 25.5 Å². The molecule has 0 saturated heterocycles. The van der Waals surface area contributed by atoms with E-state index in [1.54, 1.807) is 0 Å². The molecule has 2 aromatic heterocycles. The Kier molecular flexibility index (Phi) is 3.02. The number of nitrogens with one attached hydrogen (secondary N) is 1. The number of carbonyl (C=O) groups excluding carboxylic acids is 1. The molecule has 0 aromatic carbocycles. The zero-order valence-electron chi connectivity index (χ0n) is 9.36. The fraction of sp³-hybridized carbons (Fsp3) is 0.125. The van der Waals surface area contributed by atoms with Crippen LogP contribution in [0.2, 0.25) is 0 Å². The molecule has 10 nitrogen and oxygen atoms in total. The second kappa shape index (κ2) is 4.63. The Labute approximate surface area is 101 Å². The van der Waals surface area contributed by atoms with Crippen LogP contribution in [-0.2, 0) is 0 Å². The highest BCUT2D eigenvalue weighted by Gasteiger charge is 2.11. The van der Waals surface area contributed by atoms with Gasteiger partial charge in [0, 0.05) is 6.20 Å². The Morgan fingerprint density at radius 3 is 2.78 bits per heavy atom. The first kappa shape index (κ1) is 11.7. The summed E-state index contributed by atoms with van der Waals surface area (Å²) in [5.74, 6) is 4.81. The van der Waals surface area contributed by atoms with Gasteiger partial charge in [0.1, 0.15) is 5.69 Å². The summed E-state index contributed by atoms with van der Waals surface area (Å²) in [6.45, 7) is 0. The van der Waals surface area contributed by atoms with E-state index in [0.29, 0.717) is 0 Å². The normalized spacial score (nSPS) is 10.1. The van der Waals surface area contributed by atoms with Crippen molar-refractivity contribution in [3.63, 3.8) is 0 Å².